The van der Waals surface area contributed by atoms with Crippen molar-refractivity contribution in [2.45, 2.75) is 26.7 Å². The summed E-state index contributed by atoms with van der Waals surface area (Å²) in [5, 5.41) is 0. The maximum atomic E-state index is 13.7. The van der Waals surface area contributed by atoms with Gasteiger partial charge in [0.15, 0.2) is 5.76 Å². The molecule has 1 aliphatic carbocycles. The summed E-state index contributed by atoms with van der Waals surface area (Å²) in [5.41, 5.74) is 4.32. The molecule has 2 aliphatic rings. The molecule has 37 heavy (non-hydrogen) atoms. The lowest BCUT2D eigenvalue weighted by Crippen LogP contribution is -2.28. The maximum absolute atomic E-state index is 13.7. The predicted octanol–water partition coefficient (Wildman–Crippen LogP) is 6.18. The molecule has 6 nitrogen and oxygen atoms in total. The first-order chi connectivity index (χ1) is 17.9. The van der Waals surface area contributed by atoms with Crippen molar-refractivity contribution in [1.29, 1.82) is 0 Å². The Bertz CT molecular complexity index is 1480. The summed E-state index contributed by atoms with van der Waals surface area (Å²) >= 11 is 0. The zero-order valence-corrected chi connectivity index (χ0v) is 20.8. The smallest absolute Gasteiger partial charge is 0.334 e. The number of allylic oxidation sites excluding steroid dienone is 4. The van der Waals surface area contributed by atoms with E-state index in [4.69, 9.17) is 13.9 Å². The number of furan rings is 1. The molecule has 2 unspecified atom stereocenters. The van der Waals surface area contributed by atoms with E-state index in [1.54, 1.807) is 43.3 Å². The number of fused-ring (bicyclic) bond motifs is 1. The fourth-order valence-electron chi connectivity index (χ4n) is 4.96. The lowest BCUT2D eigenvalue weighted by Gasteiger charge is -2.28. The lowest BCUT2D eigenvalue weighted by atomic mass is 9.73. The van der Waals surface area contributed by atoms with Crippen LogP contribution in [-0.2, 0) is 19.1 Å². The van der Waals surface area contributed by atoms with E-state index in [0.29, 0.717) is 34.0 Å². The molecule has 1 fully saturated rings. The first-order valence-electron chi connectivity index (χ1n) is 12.2. The number of ether oxygens (including phenoxy) is 2. The topological polar surface area (TPSA) is 82.8 Å². The number of hydrogen-bond acceptors (Lipinski definition) is 6. The molecule has 0 saturated carbocycles. The molecule has 6 heteroatoms. The summed E-state index contributed by atoms with van der Waals surface area (Å²) in [6, 6.07) is 18.4. The van der Waals surface area contributed by atoms with Crippen LogP contribution in [0.3, 0.4) is 0 Å². The van der Waals surface area contributed by atoms with E-state index in [-0.39, 0.29) is 18.1 Å². The van der Waals surface area contributed by atoms with E-state index >= 15 is 0 Å². The molecule has 0 amide bonds. The van der Waals surface area contributed by atoms with Crippen LogP contribution in [0, 0.1) is 12.8 Å². The quantitative estimate of drug-likeness (QED) is 0.231. The number of benzene rings is 2. The highest BCUT2D eigenvalue weighted by molar-refractivity contribution is 6.06. The molecule has 5 rings (SSSR count). The Morgan fingerprint density at radius 3 is 2.54 bits per heavy atom. The Balaban J connectivity index is 1.51. The van der Waals surface area contributed by atoms with Gasteiger partial charge in [-0.25, -0.2) is 4.79 Å². The molecule has 186 valence electrons. The van der Waals surface area contributed by atoms with Gasteiger partial charge in [-0.2, -0.15) is 0 Å². The number of Topliss-reactive ketones (excluding diaryl/α,β-unsaturated/α-hetero) is 1. The highest BCUT2D eigenvalue weighted by atomic mass is 16.5. The second-order valence-corrected chi connectivity index (χ2v) is 9.10. The monoisotopic (exact) mass is 494 g/mol. The number of carbonyl (C=O) groups excluding carboxylic acids is 3. The van der Waals surface area contributed by atoms with Crippen molar-refractivity contribution in [3.63, 3.8) is 0 Å². The Morgan fingerprint density at radius 1 is 1.03 bits per heavy atom. The Hall–Kier alpha value is -4.45. The highest BCUT2D eigenvalue weighted by Crippen LogP contribution is 2.48. The molecule has 1 saturated heterocycles. The van der Waals surface area contributed by atoms with Gasteiger partial charge in [0.1, 0.15) is 23.6 Å². The van der Waals surface area contributed by atoms with E-state index < -0.39 is 17.8 Å². The van der Waals surface area contributed by atoms with E-state index in [0.717, 1.165) is 23.0 Å². The second kappa shape index (κ2) is 9.90. The van der Waals surface area contributed by atoms with Crippen molar-refractivity contribution >= 4 is 24.1 Å². The minimum atomic E-state index is -0.683. The van der Waals surface area contributed by atoms with E-state index in [2.05, 4.69) is 0 Å². The molecule has 2 heterocycles. The van der Waals surface area contributed by atoms with Gasteiger partial charge in [-0.05, 0) is 61.7 Å². The molecule has 2 aromatic carbocycles. The third kappa shape index (κ3) is 4.47. The van der Waals surface area contributed by atoms with Gasteiger partial charge in [0.2, 0.25) is 5.78 Å². The zero-order valence-electron chi connectivity index (χ0n) is 20.8. The van der Waals surface area contributed by atoms with Crippen molar-refractivity contribution in [3.8, 4) is 11.3 Å². The lowest BCUT2D eigenvalue weighted by molar-refractivity contribution is -0.139. The van der Waals surface area contributed by atoms with Gasteiger partial charge >= 0.3 is 5.97 Å². The average molecular weight is 495 g/mol. The van der Waals surface area contributed by atoms with Gasteiger partial charge in [-0.1, -0.05) is 42.5 Å². The molecule has 0 spiro atoms. The maximum Gasteiger partial charge on any atom is 0.334 e. The van der Waals surface area contributed by atoms with Crippen LogP contribution in [0.4, 0.5) is 0 Å². The van der Waals surface area contributed by atoms with Crippen molar-refractivity contribution in [3.05, 3.63) is 112 Å². The Labute approximate surface area is 214 Å². The molecule has 1 aliphatic heterocycles. The summed E-state index contributed by atoms with van der Waals surface area (Å²) in [6.07, 6.45) is 4.11. The fourth-order valence-corrected chi connectivity index (χ4v) is 4.96. The zero-order chi connectivity index (χ0) is 26.1. The summed E-state index contributed by atoms with van der Waals surface area (Å²) in [5.74, 6) is -0.201. The highest BCUT2D eigenvalue weighted by Gasteiger charge is 2.48. The van der Waals surface area contributed by atoms with Crippen LogP contribution < -0.4 is 0 Å². The van der Waals surface area contributed by atoms with Gasteiger partial charge < -0.3 is 13.9 Å². The van der Waals surface area contributed by atoms with Crippen LogP contribution in [0.1, 0.15) is 47.0 Å². The van der Waals surface area contributed by atoms with Crippen LogP contribution in [0.2, 0.25) is 0 Å². The van der Waals surface area contributed by atoms with Crippen LogP contribution in [0.25, 0.3) is 17.4 Å². The molecule has 0 radical (unpaired) electrons. The number of hydrogen-bond donors (Lipinski definition) is 0. The van der Waals surface area contributed by atoms with Crippen LogP contribution in [-0.4, -0.2) is 24.6 Å². The van der Waals surface area contributed by atoms with Crippen molar-refractivity contribution in [2.24, 2.45) is 5.92 Å². The van der Waals surface area contributed by atoms with Crippen LogP contribution >= 0.6 is 0 Å². The van der Waals surface area contributed by atoms with Crippen molar-refractivity contribution in [1.82, 2.24) is 0 Å². The number of carbonyl (C=O) groups is 3. The van der Waals surface area contributed by atoms with Gasteiger partial charge in [0, 0.05) is 28.7 Å². The third-order valence-electron chi connectivity index (χ3n) is 6.70. The molecule has 1 aromatic heterocycles. The summed E-state index contributed by atoms with van der Waals surface area (Å²) < 4.78 is 17.4. The number of aryl methyl sites for hydroxylation is 1. The molecule has 2 atom stereocenters. The minimum absolute atomic E-state index is 0.148. The number of aldehydes is 1. The van der Waals surface area contributed by atoms with Gasteiger partial charge in [0.05, 0.1) is 12.5 Å². The molecular formula is C31H26O6. The summed E-state index contributed by atoms with van der Waals surface area (Å²) in [7, 11) is 0. The summed E-state index contributed by atoms with van der Waals surface area (Å²) in [6.45, 7) is 5.76. The Kier molecular flexibility index (Phi) is 6.49. The van der Waals surface area contributed by atoms with E-state index in [1.165, 1.54) is 0 Å². The van der Waals surface area contributed by atoms with E-state index in [1.807, 2.05) is 50.2 Å². The van der Waals surface area contributed by atoms with Crippen molar-refractivity contribution in [2.75, 3.05) is 6.61 Å². The van der Waals surface area contributed by atoms with Crippen LogP contribution in [0.5, 0.6) is 0 Å². The predicted molar refractivity (Wildman–Crippen MR) is 138 cm³/mol. The van der Waals surface area contributed by atoms with Gasteiger partial charge in [-0.3, -0.25) is 9.59 Å². The largest absolute Gasteiger partial charge is 0.463 e. The van der Waals surface area contributed by atoms with Gasteiger partial charge in [-0.15, -0.1) is 0 Å². The fraction of sp³-hybridized carbons (Fsp3) is 0.194. The number of rotatable bonds is 6. The molecule has 3 aromatic rings. The number of esters is 1. The second-order valence-electron chi connectivity index (χ2n) is 9.10. The normalized spacial score (nSPS) is 19.9. The van der Waals surface area contributed by atoms with Gasteiger partial charge in [0.25, 0.3) is 0 Å². The minimum Gasteiger partial charge on any atom is -0.463 e. The van der Waals surface area contributed by atoms with Crippen LogP contribution in [0.15, 0.2) is 93.8 Å². The summed E-state index contributed by atoms with van der Waals surface area (Å²) in [4.78, 5) is 37.9. The third-order valence-corrected chi connectivity index (χ3v) is 6.70. The first-order valence-corrected chi connectivity index (χ1v) is 12.2. The SMILES string of the molecule is CCOC(=O)C1=C(C)C=C2O/C(=C\c3ccc(-c4cc(C=O)ccc4C)o3)C(=O)C2C1c1ccccc1. The van der Waals surface area contributed by atoms with Crippen molar-refractivity contribution < 1.29 is 28.3 Å². The Morgan fingerprint density at radius 2 is 1.81 bits per heavy atom. The first kappa shape index (κ1) is 24.3. The van der Waals surface area contributed by atoms with E-state index in [9.17, 15) is 14.4 Å². The standard InChI is InChI=1S/C31H26O6/c1-4-35-31(34)27-19(3)14-25-29(28(27)21-8-6-5-7-9-21)30(33)26(37-25)16-22-12-13-24(36-22)23-15-20(17-32)11-10-18(23)2/h5-17,28-29H,4H2,1-3H3/b26-16-. The number of ketones is 1. The molecular weight excluding hydrogens is 468 g/mol. The molecule has 0 bridgehead atoms. The molecule has 0 N–H and O–H groups in total. The average Bonchev–Trinajstić information content (AvgIpc) is 3.48.